The summed E-state index contributed by atoms with van der Waals surface area (Å²) in [4.78, 5) is 26.6. The number of hydrogen-bond donors (Lipinski definition) is 2. The molecular formula is C12H12N2O4. The van der Waals surface area contributed by atoms with Crippen molar-refractivity contribution in [3.05, 3.63) is 35.7 Å². The van der Waals surface area contributed by atoms with Gasteiger partial charge < -0.3 is 15.1 Å². The second kappa shape index (κ2) is 4.87. The van der Waals surface area contributed by atoms with E-state index < -0.39 is 12.1 Å². The standard InChI is InChI=1S/C12H12N2O4/c15-11(16)10-7-9(1-4-13-10)8-2-5-14(6-3-8)12(17)18/h1-2,4,7H,3,5-6H2,(H,15,16)(H,17,18). The number of carbonyl (C=O) groups is 2. The average Bonchev–Trinajstić information content (AvgIpc) is 2.39. The van der Waals surface area contributed by atoms with Crippen LogP contribution >= 0.6 is 0 Å². The van der Waals surface area contributed by atoms with Gasteiger partial charge in [0.1, 0.15) is 5.69 Å². The van der Waals surface area contributed by atoms with Crippen LogP contribution in [0, 0.1) is 0 Å². The van der Waals surface area contributed by atoms with Crippen molar-refractivity contribution in [2.75, 3.05) is 13.1 Å². The van der Waals surface area contributed by atoms with Crippen molar-refractivity contribution >= 4 is 17.6 Å². The van der Waals surface area contributed by atoms with E-state index in [2.05, 4.69) is 4.98 Å². The molecule has 0 spiro atoms. The summed E-state index contributed by atoms with van der Waals surface area (Å²) in [6.07, 6.45) is 2.89. The van der Waals surface area contributed by atoms with Crippen molar-refractivity contribution in [3.8, 4) is 0 Å². The van der Waals surface area contributed by atoms with E-state index in [4.69, 9.17) is 10.2 Å². The van der Waals surface area contributed by atoms with Gasteiger partial charge in [-0.15, -0.1) is 0 Å². The van der Waals surface area contributed by atoms with Crippen LogP contribution < -0.4 is 0 Å². The van der Waals surface area contributed by atoms with E-state index >= 15 is 0 Å². The van der Waals surface area contributed by atoms with E-state index in [9.17, 15) is 9.59 Å². The molecule has 6 heteroatoms. The van der Waals surface area contributed by atoms with Crippen molar-refractivity contribution in [2.45, 2.75) is 6.42 Å². The lowest BCUT2D eigenvalue weighted by Gasteiger charge is -2.23. The summed E-state index contributed by atoms with van der Waals surface area (Å²) >= 11 is 0. The molecule has 0 fully saturated rings. The number of pyridine rings is 1. The molecule has 0 unspecified atom stereocenters. The number of hydrogen-bond acceptors (Lipinski definition) is 3. The van der Waals surface area contributed by atoms with Gasteiger partial charge in [0, 0.05) is 19.3 Å². The average molecular weight is 248 g/mol. The Labute approximate surface area is 103 Å². The van der Waals surface area contributed by atoms with Gasteiger partial charge >= 0.3 is 12.1 Å². The summed E-state index contributed by atoms with van der Waals surface area (Å²) in [6, 6.07) is 3.24. The van der Waals surface area contributed by atoms with Gasteiger partial charge in [0.15, 0.2) is 0 Å². The van der Waals surface area contributed by atoms with Crippen LogP contribution in [0.1, 0.15) is 22.5 Å². The van der Waals surface area contributed by atoms with Crippen LogP contribution in [0.15, 0.2) is 24.4 Å². The molecule has 0 bridgehead atoms. The zero-order valence-corrected chi connectivity index (χ0v) is 9.54. The first-order chi connectivity index (χ1) is 8.58. The number of amides is 1. The second-order valence-corrected chi connectivity index (χ2v) is 3.94. The highest BCUT2D eigenvalue weighted by atomic mass is 16.4. The predicted molar refractivity (Wildman–Crippen MR) is 63.4 cm³/mol. The monoisotopic (exact) mass is 248 g/mol. The molecule has 1 aromatic rings. The van der Waals surface area contributed by atoms with Crippen molar-refractivity contribution in [1.82, 2.24) is 9.88 Å². The summed E-state index contributed by atoms with van der Waals surface area (Å²) in [6.45, 7) is 0.751. The molecule has 1 aliphatic rings. The molecule has 0 aromatic carbocycles. The van der Waals surface area contributed by atoms with Crippen molar-refractivity contribution in [1.29, 1.82) is 0 Å². The molecule has 0 aliphatic carbocycles. The molecule has 94 valence electrons. The number of aromatic nitrogens is 1. The summed E-state index contributed by atoms with van der Waals surface area (Å²) in [5, 5.41) is 17.7. The van der Waals surface area contributed by atoms with E-state index in [0.29, 0.717) is 19.5 Å². The van der Waals surface area contributed by atoms with Gasteiger partial charge in [0.2, 0.25) is 0 Å². The number of carboxylic acid groups (broad SMARTS) is 2. The molecular weight excluding hydrogens is 236 g/mol. The fourth-order valence-electron chi connectivity index (χ4n) is 1.85. The Balaban J connectivity index is 2.20. The van der Waals surface area contributed by atoms with Gasteiger partial charge in [-0.05, 0) is 29.7 Å². The highest BCUT2D eigenvalue weighted by Crippen LogP contribution is 2.22. The maximum absolute atomic E-state index is 10.8. The zero-order chi connectivity index (χ0) is 13.1. The molecule has 1 aromatic heterocycles. The Morgan fingerprint density at radius 1 is 1.33 bits per heavy atom. The SMILES string of the molecule is O=C(O)c1cc(C2=CCN(C(=O)O)CC2)ccn1. The Morgan fingerprint density at radius 3 is 2.67 bits per heavy atom. The van der Waals surface area contributed by atoms with E-state index in [1.54, 1.807) is 12.1 Å². The summed E-state index contributed by atoms with van der Waals surface area (Å²) in [5.74, 6) is -1.07. The highest BCUT2D eigenvalue weighted by molar-refractivity contribution is 5.86. The van der Waals surface area contributed by atoms with Crippen LogP contribution in [0.2, 0.25) is 0 Å². The third-order valence-electron chi connectivity index (χ3n) is 2.83. The molecule has 0 saturated carbocycles. The number of aromatic carboxylic acids is 1. The summed E-state index contributed by atoms with van der Waals surface area (Å²) < 4.78 is 0. The van der Waals surface area contributed by atoms with Gasteiger partial charge in [-0.2, -0.15) is 0 Å². The Hall–Kier alpha value is -2.37. The second-order valence-electron chi connectivity index (χ2n) is 3.94. The van der Waals surface area contributed by atoms with E-state index in [0.717, 1.165) is 11.1 Å². The first-order valence-electron chi connectivity index (χ1n) is 5.44. The van der Waals surface area contributed by atoms with Crippen molar-refractivity contribution < 1.29 is 19.8 Å². The maximum Gasteiger partial charge on any atom is 0.407 e. The minimum atomic E-state index is -1.07. The third-order valence-corrected chi connectivity index (χ3v) is 2.83. The molecule has 1 aliphatic heterocycles. The minimum absolute atomic E-state index is 0.00550. The summed E-state index contributed by atoms with van der Waals surface area (Å²) in [7, 11) is 0. The smallest absolute Gasteiger partial charge is 0.407 e. The third kappa shape index (κ3) is 2.48. The van der Waals surface area contributed by atoms with Crippen LogP contribution in [-0.4, -0.2) is 45.2 Å². The molecule has 1 amide bonds. The van der Waals surface area contributed by atoms with Crippen LogP contribution in [-0.2, 0) is 0 Å². The van der Waals surface area contributed by atoms with Crippen LogP contribution in [0.25, 0.3) is 5.57 Å². The van der Waals surface area contributed by atoms with Gasteiger partial charge in [0.25, 0.3) is 0 Å². The van der Waals surface area contributed by atoms with E-state index in [1.165, 1.54) is 17.2 Å². The summed E-state index contributed by atoms with van der Waals surface area (Å²) in [5.41, 5.74) is 1.74. The molecule has 6 nitrogen and oxygen atoms in total. The van der Waals surface area contributed by atoms with E-state index in [-0.39, 0.29) is 5.69 Å². The Morgan fingerprint density at radius 2 is 2.11 bits per heavy atom. The molecule has 2 heterocycles. The molecule has 0 radical (unpaired) electrons. The fourth-order valence-corrected chi connectivity index (χ4v) is 1.85. The van der Waals surface area contributed by atoms with Crippen LogP contribution in [0.4, 0.5) is 4.79 Å². The minimum Gasteiger partial charge on any atom is -0.477 e. The quantitative estimate of drug-likeness (QED) is 0.828. The highest BCUT2D eigenvalue weighted by Gasteiger charge is 2.17. The van der Waals surface area contributed by atoms with Gasteiger partial charge in [-0.3, -0.25) is 0 Å². The Kier molecular flexibility index (Phi) is 3.27. The van der Waals surface area contributed by atoms with Crippen molar-refractivity contribution in [3.63, 3.8) is 0 Å². The topological polar surface area (TPSA) is 90.7 Å². The van der Waals surface area contributed by atoms with Crippen molar-refractivity contribution in [2.24, 2.45) is 0 Å². The molecule has 2 rings (SSSR count). The largest absolute Gasteiger partial charge is 0.477 e. The normalized spacial score (nSPS) is 15.1. The van der Waals surface area contributed by atoms with Gasteiger partial charge in [-0.1, -0.05) is 6.08 Å². The fraction of sp³-hybridized carbons (Fsp3) is 0.250. The van der Waals surface area contributed by atoms with Gasteiger partial charge in [0.05, 0.1) is 0 Å². The number of rotatable bonds is 2. The molecule has 2 N–H and O–H groups in total. The van der Waals surface area contributed by atoms with Crippen LogP contribution in [0.5, 0.6) is 0 Å². The lowest BCUT2D eigenvalue weighted by atomic mass is 10.00. The lowest BCUT2D eigenvalue weighted by Crippen LogP contribution is -2.33. The first-order valence-corrected chi connectivity index (χ1v) is 5.44. The Bertz CT molecular complexity index is 525. The molecule has 18 heavy (non-hydrogen) atoms. The zero-order valence-electron chi connectivity index (χ0n) is 9.54. The maximum atomic E-state index is 10.8. The van der Waals surface area contributed by atoms with Crippen LogP contribution in [0.3, 0.4) is 0 Å². The molecule has 0 atom stereocenters. The number of nitrogens with zero attached hydrogens (tertiary/aromatic N) is 2. The van der Waals surface area contributed by atoms with Gasteiger partial charge in [-0.25, -0.2) is 14.6 Å². The first kappa shape index (κ1) is 12.1. The van der Waals surface area contributed by atoms with E-state index in [1.807, 2.05) is 0 Å². The molecule has 0 saturated heterocycles. The lowest BCUT2D eigenvalue weighted by molar-refractivity contribution is 0.0690. The predicted octanol–water partition coefficient (Wildman–Crippen LogP) is 1.55. The number of carboxylic acids is 1.